The van der Waals surface area contributed by atoms with Crippen LogP contribution in [-0.2, 0) is 15.5 Å². The van der Waals surface area contributed by atoms with Gasteiger partial charge < -0.3 is 14.1 Å². The number of aliphatic hydroxyl groups excluding tert-OH is 1. The maximum Gasteiger partial charge on any atom is 0.192 e. The predicted octanol–water partition coefficient (Wildman–Crippen LogP) is 2.33. The average molecular weight is 395 g/mol. The molecule has 2 N–H and O–H groups in total. The van der Waals surface area contributed by atoms with Crippen LogP contribution < -0.4 is 0 Å². The minimum Gasteiger partial charge on any atom is -0.413 e. The van der Waals surface area contributed by atoms with Crippen molar-refractivity contribution in [3.63, 3.8) is 0 Å². The minimum atomic E-state index is -1.89. The number of piperazine rings is 1. The second-order valence-electron chi connectivity index (χ2n) is 9.05. The third-order valence-corrected chi connectivity index (χ3v) is 11.7. The minimum absolute atomic E-state index is 0.0426. The SMILES string of the molecule is C[C@@H](O[Si](C)(C)C(C)(C)C)[C@@H](CO)N1CCN(C(C)(C)S(=O)O)CC1. The molecule has 1 fully saturated rings. The summed E-state index contributed by atoms with van der Waals surface area (Å²) >= 11 is -1.89. The lowest BCUT2D eigenvalue weighted by Gasteiger charge is -2.47. The van der Waals surface area contributed by atoms with Gasteiger partial charge in [-0.3, -0.25) is 9.80 Å². The Bertz CT molecular complexity index is 460. The topological polar surface area (TPSA) is 73.2 Å². The van der Waals surface area contributed by atoms with Gasteiger partial charge in [0.15, 0.2) is 19.4 Å². The predicted molar refractivity (Wildman–Crippen MR) is 107 cm³/mol. The average Bonchev–Trinajstić information content (AvgIpc) is 2.46. The summed E-state index contributed by atoms with van der Waals surface area (Å²) in [7, 11) is -1.89. The van der Waals surface area contributed by atoms with E-state index in [0.29, 0.717) is 13.1 Å². The van der Waals surface area contributed by atoms with Gasteiger partial charge in [-0.1, -0.05) is 20.8 Å². The molecule has 0 bridgehead atoms. The van der Waals surface area contributed by atoms with Crippen LogP contribution in [0.15, 0.2) is 0 Å². The number of hydrogen-bond acceptors (Lipinski definition) is 5. The molecule has 1 rings (SSSR count). The Labute approximate surface area is 157 Å². The zero-order chi connectivity index (χ0) is 19.6. The summed E-state index contributed by atoms with van der Waals surface area (Å²) in [4.78, 5) is 3.56. The summed E-state index contributed by atoms with van der Waals surface area (Å²) in [6, 6.07) is -0.0426. The van der Waals surface area contributed by atoms with Gasteiger partial charge in [-0.15, -0.1) is 0 Å². The van der Waals surface area contributed by atoms with Crippen molar-refractivity contribution in [2.24, 2.45) is 0 Å². The summed E-state index contributed by atoms with van der Waals surface area (Å²) in [6.07, 6.45) is -0.0441. The van der Waals surface area contributed by atoms with Gasteiger partial charge in [0.2, 0.25) is 0 Å². The molecule has 1 aliphatic rings. The Morgan fingerprint density at radius 2 is 1.60 bits per heavy atom. The van der Waals surface area contributed by atoms with E-state index in [1.165, 1.54) is 0 Å². The van der Waals surface area contributed by atoms with E-state index in [9.17, 15) is 13.9 Å². The summed E-state index contributed by atoms with van der Waals surface area (Å²) in [5.41, 5.74) is 0. The normalized spacial score (nSPS) is 22.6. The number of nitrogens with zero attached hydrogens (tertiary/aromatic N) is 2. The van der Waals surface area contributed by atoms with Crippen LogP contribution in [0.2, 0.25) is 18.1 Å². The summed E-state index contributed by atoms with van der Waals surface area (Å²) in [6.45, 7) is 19.8. The zero-order valence-corrected chi connectivity index (χ0v) is 19.0. The highest BCUT2D eigenvalue weighted by Crippen LogP contribution is 2.38. The Balaban J connectivity index is 2.72. The molecule has 0 amide bonds. The Hall–Kier alpha value is 0.167. The molecule has 1 heterocycles. The molecule has 8 heteroatoms. The highest BCUT2D eigenvalue weighted by Gasteiger charge is 2.41. The Morgan fingerprint density at radius 3 is 1.96 bits per heavy atom. The van der Waals surface area contributed by atoms with Gasteiger partial charge in [0.05, 0.1) is 18.8 Å². The molecule has 0 aromatic carbocycles. The first kappa shape index (κ1) is 23.2. The van der Waals surface area contributed by atoms with E-state index < -0.39 is 24.3 Å². The Morgan fingerprint density at radius 1 is 1.12 bits per heavy atom. The number of aliphatic hydroxyl groups is 1. The van der Waals surface area contributed by atoms with Gasteiger partial charge in [0.25, 0.3) is 0 Å². The molecule has 1 aliphatic heterocycles. The fourth-order valence-corrected chi connectivity index (χ4v) is 4.83. The molecule has 150 valence electrons. The van der Waals surface area contributed by atoms with E-state index in [1.807, 2.05) is 4.90 Å². The van der Waals surface area contributed by atoms with Crippen LogP contribution in [0.3, 0.4) is 0 Å². The molecule has 1 unspecified atom stereocenters. The van der Waals surface area contributed by atoms with Crippen molar-refractivity contribution < 1.29 is 18.3 Å². The van der Waals surface area contributed by atoms with Crippen LogP contribution in [-0.4, -0.2) is 81.8 Å². The molecule has 1 saturated heterocycles. The zero-order valence-electron chi connectivity index (χ0n) is 17.2. The first-order valence-corrected chi connectivity index (χ1v) is 13.1. The summed E-state index contributed by atoms with van der Waals surface area (Å²) in [5.74, 6) is 0. The van der Waals surface area contributed by atoms with Crippen LogP contribution in [0.1, 0.15) is 41.5 Å². The van der Waals surface area contributed by atoms with E-state index in [1.54, 1.807) is 13.8 Å². The van der Waals surface area contributed by atoms with Crippen LogP contribution in [0.5, 0.6) is 0 Å². The van der Waals surface area contributed by atoms with Crippen molar-refractivity contribution in [3.05, 3.63) is 0 Å². The summed E-state index contributed by atoms with van der Waals surface area (Å²) in [5, 5.41) is 10.1. The molecule has 6 nitrogen and oxygen atoms in total. The largest absolute Gasteiger partial charge is 0.413 e. The molecule has 0 radical (unpaired) electrons. The lowest BCUT2D eigenvalue weighted by atomic mass is 10.1. The number of rotatable bonds is 7. The fraction of sp³-hybridized carbons (Fsp3) is 1.00. The highest BCUT2D eigenvalue weighted by atomic mass is 32.2. The van der Waals surface area contributed by atoms with Crippen molar-refractivity contribution in [1.29, 1.82) is 0 Å². The molecule has 25 heavy (non-hydrogen) atoms. The van der Waals surface area contributed by atoms with Gasteiger partial charge in [-0.25, -0.2) is 4.21 Å². The standard InChI is InChI=1S/C17H38N2O4SSi/c1-14(23-25(7,8)16(2,3)4)15(13-20)18-9-11-19(12-10-18)17(5,6)24(21)22/h14-15,20H,9-13H2,1-8H3,(H,21,22)/t14-,15-/m1/s1. The van der Waals surface area contributed by atoms with E-state index in [4.69, 9.17) is 4.43 Å². The van der Waals surface area contributed by atoms with E-state index in [0.717, 1.165) is 13.1 Å². The van der Waals surface area contributed by atoms with Crippen molar-refractivity contribution in [2.75, 3.05) is 32.8 Å². The maximum atomic E-state index is 11.6. The lowest BCUT2D eigenvalue weighted by molar-refractivity contribution is -0.00474. The van der Waals surface area contributed by atoms with Crippen LogP contribution >= 0.6 is 0 Å². The quantitative estimate of drug-likeness (QED) is 0.510. The van der Waals surface area contributed by atoms with Crippen molar-refractivity contribution in [1.82, 2.24) is 9.80 Å². The third-order valence-electron chi connectivity index (χ3n) is 5.99. The van der Waals surface area contributed by atoms with Gasteiger partial charge in [-0.05, 0) is 38.9 Å². The van der Waals surface area contributed by atoms with Gasteiger partial charge in [-0.2, -0.15) is 0 Å². The van der Waals surface area contributed by atoms with Crippen molar-refractivity contribution in [3.8, 4) is 0 Å². The van der Waals surface area contributed by atoms with E-state index in [2.05, 4.69) is 45.7 Å². The molecule has 0 aromatic rings. The molecule has 3 atom stereocenters. The highest BCUT2D eigenvalue weighted by molar-refractivity contribution is 7.80. The first-order chi connectivity index (χ1) is 11.2. The van der Waals surface area contributed by atoms with Crippen LogP contribution in [0.25, 0.3) is 0 Å². The van der Waals surface area contributed by atoms with Gasteiger partial charge in [0, 0.05) is 26.2 Å². The van der Waals surface area contributed by atoms with Gasteiger partial charge in [0.1, 0.15) is 4.87 Å². The fourth-order valence-electron chi connectivity index (χ4n) is 2.98. The van der Waals surface area contributed by atoms with Crippen LogP contribution in [0, 0.1) is 0 Å². The molecular weight excluding hydrogens is 356 g/mol. The number of hydrogen-bond donors (Lipinski definition) is 2. The Kier molecular flexibility index (Phi) is 7.85. The first-order valence-electron chi connectivity index (χ1n) is 9.13. The van der Waals surface area contributed by atoms with Crippen molar-refractivity contribution >= 4 is 19.4 Å². The molecule has 0 saturated carbocycles. The summed E-state index contributed by atoms with van der Waals surface area (Å²) < 4.78 is 27.5. The van der Waals surface area contributed by atoms with E-state index in [-0.39, 0.29) is 23.8 Å². The van der Waals surface area contributed by atoms with Gasteiger partial charge >= 0.3 is 0 Å². The van der Waals surface area contributed by atoms with E-state index >= 15 is 0 Å². The monoisotopic (exact) mass is 394 g/mol. The second kappa shape index (κ2) is 8.46. The molecule has 0 aromatic heterocycles. The maximum absolute atomic E-state index is 11.6. The molecule has 0 aliphatic carbocycles. The van der Waals surface area contributed by atoms with Crippen molar-refractivity contribution in [2.45, 2.75) is 76.7 Å². The molecular formula is C17H38N2O4SSi. The molecule has 0 spiro atoms. The lowest BCUT2D eigenvalue weighted by Crippen LogP contribution is -2.60. The van der Waals surface area contributed by atoms with Crippen LogP contribution in [0.4, 0.5) is 0 Å². The third kappa shape index (κ3) is 5.57. The second-order valence-corrected chi connectivity index (χ2v) is 15.3. The smallest absolute Gasteiger partial charge is 0.192 e.